The highest BCUT2D eigenvalue weighted by atomic mass is 16.6. The number of aliphatic carboxylic acids is 1. The molecular formula is C53H80N8O10. The van der Waals surface area contributed by atoms with Crippen LogP contribution in [-0.4, -0.2) is 120 Å². The van der Waals surface area contributed by atoms with Crippen molar-refractivity contribution in [3.63, 3.8) is 0 Å². The van der Waals surface area contributed by atoms with Crippen LogP contribution in [0.15, 0.2) is 66.2 Å². The van der Waals surface area contributed by atoms with Crippen molar-refractivity contribution in [2.75, 3.05) is 32.5 Å². The number of amides is 7. The summed E-state index contributed by atoms with van der Waals surface area (Å²) in [4.78, 5) is 113. The van der Waals surface area contributed by atoms with Crippen LogP contribution < -0.4 is 32.1 Å². The maximum atomic E-state index is 14.0. The van der Waals surface area contributed by atoms with Crippen molar-refractivity contribution in [2.45, 2.75) is 150 Å². The fourth-order valence-electron chi connectivity index (χ4n) is 8.41. The van der Waals surface area contributed by atoms with E-state index in [9.17, 15) is 43.5 Å². The third-order valence-electron chi connectivity index (χ3n) is 12.8. The van der Waals surface area contributed by atoms with E-state index < -0.39 is 76.6 Å². The molecule has 1 aliphatic rings. The number of nitrogens with one attached hydrogen (secondary N) is 6. The minimum absolute atomic E-state index is 0.00191. The Morgan fingerprint density at radius 2 is 1.37 bits per heavy atom. The molecule has 7 amide bonds. The zero-order chi connectivity index (χ0) is 53.4. The monoisotopic (exact) mass is 989 g/mol. The first-order chi connectivity index (χ1) is 33.1. The highest BCUT2D eigenvalue weighted by molar-refractivity contribution is 5.98. The second-order valence-electron chi connectivity index (χ2n) is 21.2. The van der Waals surface area contributed by atoms with Gasteiger partial charge in [0.15, 0.2) is 0 Å². The Labute approximate surface area is 420 Å². The Balaban J connectivity index is 1.49. The number of hydrogen-bond donors (Lipinski definition) is 7. The van der Waals surface area contributed by atoms with E-state index in [1.165, 1.54) is 6.92 Å². The summed E-state index contributed by atoms with van der Waals surface area (Å²) in [6.45, 7) is 20.9. The van der Waals surface area contributed by atoms with Gasteiger partial charge in [0, 0.05) is 42.6 Å². The van der Waals surface area contributed by atoms with Gasteiger partial charge in [0.2, 0.25) is 35.4 Å². The highest BCUT2D eigenvalue weighted by Crippen LogP contribution is 2.31. The third-order valence-corrected chi connectivity index (χ3v) is 12.8. The molecule has 7 N–H and O–H groups in total. The molecule has 1 heterocycles. The zero-order valence-corrected chi connectivity index (χ0v) is 44.1. The summed E-state index contributed by atoms with van der Waals surface area (Å²) >= 11 is 0. The number of hydrogen-bond acceptors (Lipinski definition) is 10. The summed E-state index contributed by atoms with van der Waals surface area (Å²) in [6.07, 6.45) is 2.88. The first-order valence-corrected chi connectivity index (χ1v) is 24.6. The second kappa shape index (κ2) is 26.9. The fourth-order valence-corrected chi connectivity index (χ4v) is 8.41. The molecule has 1 aliphatic heterocycles. The highest BCUT2D eigenvalue weighted by Gasteiger charge is 2.42. The summed E-state index contributed by atoms with van der Waals surface area (Å²) in [5.74, 6) is -4.47. The van der Waals surface area contributed by atoms with Crippen LogP contribution in [0.5, 0.6) is 0 Å². The first-order valence-electron chi connectivity index (χ1n) is 24.6. The lowest BCUT2D eigenvalue weighted by Gasteiger charge is -2.40. The van der Waals surface area contributed by atoms with Crippen molar-refractivity contribution < 1.29 is 48.3 Å². The van der Waals surface area contributed by atoms with Crippen LogP contribution in [0.2, 0.25) is 0 Å². The SMILES string of the molecule is C/C(=C\C(NC(=O)[C@@H](NC(=O)C(N(C)C)C(C)(C)c1ccccc1)C(C)(C)C)C(C)C)C(=O)NOCc1ccc(NC(=O)[C@H](C)NC(=O)C(NC(=O)CCCC(=O)N2CCC(C(=O)O)CC2)C(C)C)cc1. The maximum absolute atomic E-state index is 14.0. The number of anilines is 1. The summed E-state index contributed by atoms with van der Waals surface area (Å²) in [5.41, 5.74) is 3.62. The average molecular weight is 989 g/mol. The molecule has 0 aliphatic carbocycles. The predicted molar refractivity (Wildman–Crippen MR) is 272 cm³/mol. The number of carboxylic acid groups (broad SMARTS) is 1. The van der Waals surface area contributed by atoms with Crippen LogP contribution >= 0.6 is 0 Å². The van der Waals surface area contributed by atoms with Crippen LogP contribution in [0.25, 0.3) is 0 Å². The molecule has 3 rings (SSSR count). The van der Waals surface area contributed by atoms with E-state index in [1.54, 1.807) is 56.0 Å². The Bertz CT molecular complexity index is 2180. The van der Waals surface area contributed by atoms with Gasteiger partial charge < -0.3 is 36.6 Å². The zero-order valence-electron chi connectivity index (χ0n) is 44.1. The van der Waals surface area contributed by atoms with Gasteiger partial charge in [0.1, 0.15) is 18.1 Å². The summed E-state index contributed by atoms with van der Waals surface area (Å²) in [7, 11) is 3.69. The largest absolute Gasteiger partial charge is 0.481 e. The van der Waals surface area contributed by atoms with Crippen LogP contribution in [-0.2, 0) is 55.2 Å². The molecule has 1 fully saturated rings. The van der Waals surface area contributed by atoms with Gasteiger partial charge in [-0.05, 0) is 87.7 Å². The van der Waals surface area contributed by atoms with Gasteiger partial charge in [-0.3, -0.25) is 48.1 Å². The number of nitrogens with zero attached hydrogens (tertiary/aromatic N) is 2. The Morgan fingerprint density at radius 1 is 0.761 bits per heavy atom. The van der Waals surface area contributed by atoms with Crippen molar-refractivity contribution in [1.29, 1.82) is 0 Å². The van der Waals surface area contributed by atoms with Crippen molar-refractivity contribution in [3.05, 3.63) is 77.4 Å². The first kappa shape index (κ1) is 59.2. The molecule has 5 atom stereocenters. The number of carboxylic acids is 1. The number of likely N-dealkylation sites (N-methyl/N-ethyl adjacent to an activating group) is 1. The van der Waals surface area contributed by atoms with E-state index in [0.717, 1.165) is 5.56 Å². The van der Waals surface area contributed by atoms with Crippen LogP contribution in [0.4, 0.5) is 5.69 Å². The minimum atomic E-state index is -0.957. The third kappa shape index (κ3) is 18.2. The second-order valence-corrected chi connectivity index (χ2v) is 21.2. The van der Waals surface area contributed by atoms with Crippen molar-refractivity contribution in [3.8, 4) is 0 Å². The maximum Gasteiger partial charge on any atom is 0.306 e. The molecule has 0 aromatic heterocycles. The molecule has 392 valence electrons. The molecule has 0 bridgehead atoms. The average Bonchev–Trinajstić information content (AvgIpc) is 3.29. The molecule has 2 aromatic rings. The molecular weight excluding hydrogens is 909 g/mol. The summed E-state index contributed by atoms with van der Waals surface area (Å²) in [6, 6.07) is 12.6. The topological polar surface area (TPSA) is 245 Å². The van der Waals surface area contributed by atoms with E-state index in [1.807, 2.05) is 97.8 Å². The van der Waals surface area contributed by atoms with Crippen LogP contribution in [0.3, 0.4) is 0 Å². The van der Waals surface area contributed by atoms with E-state index in [-0.39, 0.29) is 55.4 Å². The molecule has 3 unspecified atom stereocenters. The van der Waals surface area contributed by atoms with Crippen molar-refractivity contribution >= 4 is 53.0 Å². The lowest BCUT2D eigenvalue weighted by molar-refractivity contribution is -0.145. The summed E-state index contributed by atoms with van der Waals surface area (Å²) in [5, 5.41) is 23.4. The van der Waals surface area contributed by atoms with E-state index in [4.69, 9.17) is 4.84 Å². The van der Waals surface area contributed by atoms with Gasteiger partial charge in [-0.1, -0.05) is 111 Å². The lowest BCUT2D eigenvalue weighted by Crippen LogP contribution is -2.61. The van der Waals surface area contributed by atoms with Gasteiger partial charge in [-0.2, -0.15) is 0 Å². The summed E-state index contributed by atoms with van der Waals surface area (Å²) < 4.78 is 0. The molecule has 0 radical (unpaired) electrons. The molecule has 1 saturated heterocycles. The van der Waals surface area contributed by atoms with Crippen molar-refractivity contribution in [1.82, 2.24) is 36.5 Å². The van der Waals surface area contributed by atoms with Gasteiger partial charge >= 0.3 is 5.97 Å². The lowest BCUT2D eigenvalue weighted by atomic mass is 9.76. The number of hydroxylamine groups is 1. The minimum Gasteiger partial charge on any atom is -0.481 e. The van der Waals surface area contributed by atoms with Crippen LogP contribution in [0.1, 0.15) is 119 Å². The number of likely N-dealkylation sites (tertiary alicyclic amines) is 1. The van der Waals surface area contributed by atoms with E-state index in [2.05, 4.69) is 32.1 Å². The van der Waals surface area contributed by atoms with Gasteiger partial charge in [-0.25, -0.2) is 5.48 Å². The Kier molecular flexibility index (Phi) is 22.4. The molecule has 18 heteroatoms. The van der Waals surface area contributed by atoms with Gasteiger partial charge in [0.05, 0.1) is 24.6 Å². The van der Waals surface area contributed by atoms with E-state index >= 15 is 0 Å². The number of benzene rings is 2. The van der Waals surface area contributed by atoms with Gasteiger partial charge in [0.25, 0.3) is 5.91 Å². The quantitative estimate of drug-likeness (QED) is 0.0555. The molecule has 0 spiro atoms. The molecule has 0 saturated carbocycles. The number of carbonyl (C=O) groups is 8. The Hall–Kier alpha value is -6.14. The normalized spacial score (nSPS) is 15.8. The molecule has 18 nitrogen and oxygen atoms in total. The molecule has 2 aromatic carbocycles. The van der Waals surface area contributed by atoms with Gasteiger partial charge in [-0.15, -0.1) is 0 Å². The van der Waals surface area contributed by atoms with E-state index in [0.29, 0.717) is 42.8 Å². The predicted octanol–water partition coefficient (Wildman–Crippen LogP) is 4.84. The standard InChI is InChI=1S/C53H80N8O10/c1-32(2)40(56-49(67)44(52(7,8)9)58-50(68)45(60(12)13)53(10,11)38-18-15-14-16-19-38)30-34(5)46(64)59-71-31-36-22-24-39(25-23-36)55-47(65)35(6)54-48(66)43(33(3)4)57-41(62)20-17-21-42(63)61-28-26-37(27-29-61)51(69)70/h14-16,18-19,22-25,30,32-33,35,37,40,43-45H,17,20-21,26-29,31H2,1-13H3,(H,54,66)(H,55,65)(H,56,67)(H,57,62)(H,58,68)(H,59,64)(H,69,70)/b34-30+/t35-,40?,43?,44+,45?/m0/s1. The Morgan fingerprint density at radius 3 is 1.90 bits per heavy atom. The number of carbonyl (C=O) groups excluding carboxylic acids is 7. The number of rotatable bonds is 24. The smallest absolute Gasteiger partial charge is 0.306 e. The fraction of sp³-hybridized carbons (Fsp3) is 0.585. The number of piperidine rings is 1. The van der Waals surface area contributed by atoms with Crippen LogP contribution in [0, 0.1) is 23.2 Å². The van der Waals surface area contributed by atoms with Crippen molar-refractivity contribution in [2.24, 2.45) is 23.2 Å². The molecule has 71 heavy (non-hydrogen) atoms.